The highest BCUT2D eigenvalue weighted by atomic mass is 32.2. The van der Waals surface area contributed by atoms with E-state index in [0.29, 0.717) is 6.07 Å². The van der Waals surface area contributed by atoms with Crippen LogP contribution in [0.4, 0.5) is 14.5 Å². The third-order valence-corrected chi connectivity index (χ3v) is 6.89. The fourth-order valence-electron chi connectivity index (χ4n) is 3.43. The van der Waals surface area contributed by atoms with Crippen LogP contribution in [0.1, 0.15) is 42.5 Å². The number of anilines is 1. The fraction of sp³-hybridized carbons (Fsp3) is 0.350. The lowest BCUT2D eigenvalue weighted by Crippen LogP contribution is -2.38. The summed E-state index contributed by atoms with van der Waals surface area (Å²) in [4.78, 5) is 12.4. The highest BCUT2D eigenvalue weighted by Crippen LogP contribution is 2.27. The number of sulfonamides is 1. The third-order valence-electron chi connectivity index (χ3n) is 4.98. The molecule has 0 aliphatic heterocycles. The molecule has 5 nitrogen and oxygen atoms in total. The van der Waals surface area contributed by atoms with Gasteiger partial charge in [-0.25, -0.2) is 17.2 Å². The van der Waals surface area contributed by atoms with E-state index in [1.807, 2.05) is 0 Å². The lowest BCUT2D eigenvalue weighted by Gasteiger charge is -2.30. The molecule has 28 heavy (non-hydrogen) atoms. The van der Waals surface area contributed by atoms with Gasteiger partial charge in [0.25, 0.3) is 5.91 Å². The molecule has 150 valence electrons. The number of hydrogen-bond acceptors (Lipinski definition) is 3. The molecule has 1 aliphatic carbocycles. The summed E-state index contributed by atoms with van der Waals surface area (Å²) in [5.41, 5.74) is 0.0397. The summed E-state index contributed by atoms with van der Waals surface area (Å²) in [6.07, 6.45) is 4.75. The molecule has 1 aliphatic rings. The van der Waals surface area contributed by atoms with Gasteiger partial charge in [0.15, 0.2) is 0 Å². The molecule has 3 rings (SSSR count). The second-order valence-corrected chi connectivity index (χ2v) is 8.95. The molecule has 1 saturated carbocycles. The number of rotatable bonds is 5. The maximum atomic E-state index is 13.3. The molecule has 0 atom stereocenters. The van der Waals surface area contributed by atoms with Crippen LogP contribution in [0.15, 0.2) is 47.4 Å². The molecule has 0 aromatic heterocycles. The quantitative estimate of drug-likeness (QED) is 0.808. The molecule has 0 heterocycles. The molecule has 1 fully saturated rings. The van der Waals surface area contributed by atoms with Crippen molar-refractivity contribution in [3.8, 4) is 0 Å². The lowest BCUT2D eigenvalue weighted by atomic mass is 9.96. The Morgan fingerprint density at radius 1 is 1.04 bits per heavy atom. The van der Waals surface area contributed by atoms with Gasteiger partial charge >= 0.3 is 0 Å². The number of benzene rings is 2. The van der Waals surface area contributed by atoms with Crippen molar-refractivity contribution in [3.05, 3.63) is 59.7 Å². The Kier molecular flexibility index (Phi) is 6.10. The van der Waals surface area contributed by atoms with Crippen LogP contribution in [0.3, 0.4) is 0 Å². The van der Waals surface area contributed by atoms with Crippen molar-refractivity contribution >= 4 is 21.6 Å². The van der Waals surface area contributed by atoms with Crippen LogP contribution >= 0.6 is 0 Å². The monoisotopic (exact) mass is 408 g/mol. The summed E-state index contributed by atoms with van der Waals surface area (Å²) in [5.74, 6) is -2.29. The van der Waals surface area contributed by atoms with Crippen LogP contribution < -0.4 is 5.32 Å². The minimum Gasteiger partial charge on any atom is -0.322 e. The molecule has 2 aromatic rings. The minimum absolute atomic E-state index is 0.0126. The lowest BCUT2D eigenvalue weighted by molar-refractivity contribution is 0.102. The molecule has 1 N–H and O–H groups in total. The Hall–Kier alpha value is -2.32. The maximum Gasteiger partial charge on any atom is 0.255 e. The number of halogens is 2. The van der Waals surface area contributed by atoms with Crippen molar-refractivity contribution in [1.82, 2.24) is 4.31 Å². The van der Waals surface area contributed by atoms with E-state index in [9.17, 15) is 22.0 Å². The zero-order valence-corrected chi connectivity index (χ0v) is 16.3. The fourth-order valence-corrected chi connectivity index (χ4v) is 4.90. The first-order chi connectivity index (χ1) is 13.3. The Bertz CT molecular complexity index is 953. The summed E-state index contributed by atoms with van der Waals surface area (Å²) in [6.45, 7) is 0. The van der Waals surface area contributed by atoms with E-state index < -0.39 is 27.6 Å². The Morgan fingerprint density at radius 2 is 1.68 bits per heavy atom. The Morgan fingerprint density at radius 3 is 2.32 bits per heavy atom. The Labute approximate surface area is 163 Å². The van der Waals surface area contributed by atoms with Crippen molar-refractivity contribution in [2.75, 3.05) is 12.4 Å². The number of carbonyl (C=O) groups excluding carboxylic acids is 1. The first kappa shape index (κ1) is 20.4. The molecule has 0 radical (unpaired) electrons. The van der Waals surface area contributed by atoms with Gasteiger partial charge in [0.05, 0.1) is 4.90 Å². The number of nitrogens with zero attached hydrogens (tertiary/aromatic N) is 1. The van der Waals surface area contributed by atoms with Gasteiger partial charge in [-0.1, -0.05) is 25.3 Å². The minimum atomic E-state index is -3.75. The topological polar surface area (TPSA) is 66.5 Å². The maximum absolute atomic E-state index is 13.3. The molecule has 8 heteroatoms. The van der Waals surface area contributed by atoms with Gasteiger partial charge in [-0.15, -0.1) is 0 Å². The summed E-state index contributed by atoms with van der Waals surface area (Å²) < 4.78 is 53.9. The highest BCUT2D eigenvalue weighted by Gasteiger charge is 2.29. The van der Waals surface area contributed by atoms with Gasteiger partial charge in [0.2, 0.25) is 10.0 Å². The molecule has 0 bridgehead atoms. The van der Waals surface area contributed by atoms with Crippen LogP contribution in [0.2, 0.25) is 0 Å². The van der Waals surface area contributed by atoms with E-state index in [0.717, 1.165) is 44.2 Å². The largest absolute Gasteiger partial charge is 0.322 e. The molecular formula is C20H22F2N2O3S. The van der Waals surface area contributed by atoms with E-state index in [4.69, 9.17) is 0 Å². The molecule has 2 aromatic carbocycles. The number of carbonyl (C=O) groups is 1. The molecule has 0 unspecified atom stereocenters. The van der Waals surface area contributed by atoms with Gasteiger partial charge < -0.3 is 5.32 Å². The van der Waals surface area contributed by atoms with Crippen molar-refractivity contribution in [2.24, 2.45) is 0 Å². The Balaban J connectivity index is 1.81. The van der Waals surface area contributed by atoms with Crippen molar-refractivity contribution in [2.45, 2.75) is 43.0 Å². The number of amides is 1. The van der Waals surface area contributed by atoms with Crippen LogP contribution in [0, 0.1) is 11.6 Å². The molecule has 0 saturated heterocycles. The summed E-state index contributed by atoms with van der Waals surface area (Å²) in [5, 5.41) is 2.38. The van der Waals surface area contributed by atoms with Crippen LogP contribution in [-0.2, 0) is 10.0 Å². The molecule has 0 spiro atoms. The normalized spacial score (nSPS) is 15.6. The first-order valence-corrected chi connectivity index (χ1v) is 10.6. The van der Waals surface area contributed by atoms with E-state index in [1.54, 1.807) is 7.05 Å². The van der Waals surface area contributed by atoms with Crippen molar-refractivity contribution in [3.63, 3.8) is 0 Å². The van der Waals surface area contributed by atoms with Crippen LogP contribution in [0.25, 0.3) is 0 Å². The van der Waals surface area contributed by atoms with E-state index in [-0.39, 0.29) is 22.2 Å². The van der Waals surface area contributed by atoms with E-state index in [2.05, 4.69) is 5.32 Å². The SMILES string of the molecule is CN(C1CCCCC1)S(=O)(=O)c1cccc(C(=O)Nc2cc(F)cc(F)c2)c1. The van der Waals surface area contributed by atoms with Crippen molar-refractivity contribution in [1.29, 1.82) is 0 Å². The number of nitrogens with one attached hydrogen (secondary N) is 1. The van der Waals surface area contributed by atoms with Gasteiger partial charge in [0.1, 0.15) is 11.6 Å². The second kappa shape index (κ2) is 8.36. The average Bonchev–Trinajstić information content (AvgIpc) is 2.67. The summed E-state index contributed by atoms with van der Waals surface area (Å²) in [6, 6.07) is 8.26. The van der Waals surface area contributed by atoms with Crippen molar-refractivity contribution < 1.29 is 22.0 Å². The van der Waals surface area contributed by atoms with Crippen LogP contribution in [-0.4, -0.2) is 31.7 Å². The van der Waals surface area contributed by atoms with E-state index >= 15 is 0 Å². The highest BCUT2D eigenvalue weighted by molar-refractivity contribution is 7.89. The van der Waals surface area contributed by atoms with Crippen LogP contribution in [0.5, 0.6) is 0 Å². The first-order valence-electron chi connectivity index (χ1n) is 9.13. The molecule has 1 amide bonds. The standard InChI is InChI=1S/C20H22F2N2O3S/c1-24(18-7-3-2-4-8-18)28(26,27)19-9-5-6-14(10-19)20(25)23-17-12-15(21)11-16(22)13-17/h5-6,9-13,18H,2-4,7-8H2,1H3,(H,23,25). The smallest absolute Gasteiger partial charge is 0.255 e. The van der Waals surface area contributed by atoms with Gasteiger partial charge in [-0.2, -0.15) is 4.31 Å². The summed E-state index contributed by atoms with van der Waals surface area (Å²) in [7, 11) is -2.18. The predicted octanol–water partition coefficient (Wildman–Crippen LogP) is 4.17. The van der Waals surface area contributed by atoms with E-state index in [1.165, 1.54) is 28.6 Å². The predicted molar refractivity (Wildman–Crippen MR) is 103 cm³/mol. The number of hydrogen-bond donors (Lipinski definition) is 1. The van der Waals surface area contributed by atoms with Gasteiger partial charge in [-0.3, -0.25) is 4.79 Å². The average molecular weight is 408 g/mol. The second-order valence-electron chi connectivity index (χ2n) is 6.95. The third kappa shape index (κ3) is 4.56. The zero-order chi connectivity index (χ0) is 20.3. The van der Waals surface area contributed by atoms with Gasteiger partial charge in [-0.05, 0) is 43.2 Å². The summed E-state index contributed by atoms with van der Waals surface area (Å²) >= 11 is 0. The zero-order valence-electron chi connectivity index (χ0n) is 15.5. The van der Waals surface area contributed by atoms with Gasteiger partial charge in [0, 0.05) is 30.4 Å². The molecular weight excluding hydrogens is 386 g/mol.